The fourth-order valence-corrected chi connectivity index (χ4v) is 3.44. The van der Waals surface area contributed by atoms with Crippen molar-refractivity contribution in [2.75, 3.05) is 0 Å². The lowest BCUT2D eigenvalue weighted by molar-refractivity contribution is -0.0391. The molecular formula is C20H24NO7P. The highest BCUT2D eigenvalue weighted by Gasteiger charge is 2.41. The van der Waals surface area contributed by atoms with Gasteiger partial charge >= 0.3 is 7.82 Å². The molecule has 1 aliphatic rings. The second-order valence-electron chi connectivity index (χ2n) is 7.10. The summed E-state index contributed by atoms with van der Waals surface area (Å²) >= 11 is 0. The van der Waals surface area contributed by atoms with Crippen LogP contribution in [0.5, 0.6) is 5.75 Å². The van der Waals surface area contributed by atoms with Crippen LogP contribution in [0.1, 0.15) is 47.1 Å². The predicted molar refractivity (Wildman–Crippen MR) is 107 cm³/mol. The minimum atomic E-state index is -4.60. The Hall–Kier alpha value is -2.51. The van der Waals surface area contributed by atoms with Crippen LogP contribution in [0, 0.1) is 0 Å². The van der Waals surface area contributed by atoms with Crippen molar-refractivity contribution >= 4 is 19.5 Å². The van der Waals surface area contributed by atoms with Crippen LogP contribution in [0.3, 0.4) is 0 Å². The second-order valence-corrected chi connectivity index (χ2v) is 8.30. The van der Waals surface area contributed by atoms with Crippen LogP contribution < -0.4 is 10.5 Å². The number of ether oxygens (including phenoxy) is 1. The standard InChI is InChI=1S/C13H17O6P.C7H7NO/c1-8(14)9-4-5-11-10(6-9)7-12(13(2,3)18-11)19-20(15,16)17;8-7(9)6-4-2-1-3-5-6/h4-6,12H,7H2,1-3H3,(H2,15,16,17);1-5H,(H2,8,9)/t12-;/m1./s1. The molecule has 2 aromatic carbocycles. The Labute approximate surface area is 168 Å². The largest absolute Gasteiger partial charge is 0.485 e. The summed E-state index contributed by atoms with van der Waals surface area (Å²) < 4.78 is 21.6. The van der Waals surface area contributed by atoms with Crippen LogP contribution in [0.4, 0.5) is 0 Å². The summed E-state index contributed by atoms with van der Waals surface area (Å²) in [5.41, 5.74) is 5.89. The highest BCUT2D eigenvalue weighted by atomic mass is 31.2. The van der Waals surface area contributed by atoms with Crippen molar-refractivity contribution in [2.45, 2.75) is 38.9 Å². The topological polar surface area (TPSA) is 136 Å². The first-order valence-corrected chi connectivity index (χ1v) is 10.3. The van der Waals surface area contributed by atoms with E-state index in [1.165, 1.54) is 6.92 Å². The SMILES string of the molecule is CC(=O)c1ccc2c(c1)C[C@@H](OP(=O)(O)O)C(C)(C)O2.NC(=O)c1ccccc1. The summed E-state index contributed by atoms with van der Waals surface area (Å²) in [6.07, 6.45) is -0.521. The fourth-order valence-electron chi connectivity index (χ4n) is 2.78. The van der Waals surface area contributed by atoms with Crippen LogP contribution in [0.25, 0.3) is 0 Å². The number of ketones is 1. The Bertz CT molecular complexity index is 937. The van der Waals surface area contributed by atoms with Gasteiger partial charge in [0.05, 0.1) is 0 Å². The Morgan fingerprint density at radius 1 is 1.14 bits per heavy atom. The fraction of sp³-hybridized carbons (Fsp3) is 0.300. The maximum Gasteiger partial charge on any atom is 0.470 e. The number of primary amides is 1. The molecule has 0 unspecified atom stereocenters. The summed E-state index contributed by atoms with van der Waals surface area (Å²) in [6, 6.07) is 13.8. The molecule has 1 amide bonds. The number of amides is 1. The third kappa shape index (κ3) is 6.51. The van der Waals surface area contributed by atoms with Gasteiger partial charge in [0, 0.05) is 17.5 Å². The number of benzene rings is 2. The number of hydrogen-bond donors (Lipinski definition) is 3. The van der Waals surface area contributed by atoms with Crippen molar-refractivity contribution in [2.24, 2.45) is 5.73 Å². The van der Waals surface area contributed by atoms with E-state index < -0.39 is 19.5 Å². The maximum atomic E-state index is 11.4. The third-order valence-corrected chi connectivity index (χ3v) is 4.87. The maximum absolute atomic E-state index is 11.4. The van der Waals surface area contributed by atoms with E-state index >= 15 is 0 Å². The van der Waals surface area contributed by atoms with Crippen molar-refractivity contribution in [1.82, 2.24) is 0 Å². The molecule has 0 saturated heterocycles. The predicted octanol–water partition coefficient (Wildman–Crippen LogP) is 2.87. The third-order valence-electron chi connectivity index (χ3n) is 4.34. The lowest BCUT2D eigenvalue weighted by atomic mass is 9.90. The minimum absolute atomic E-state index is 0.0786. The van der Waals surface area contributed by atoms with Crippen LogP contribution in [-0.2, 0) is 15.5 Å². The molecule has 0 fully saturated rings. The first kappa shape index (κ1) is 22.8. The number of hydrogen-bond acceptors (Lipinski definition) is 5. The molecule has 1 atom stereocenters. The summed E-state index contributed by atoms with van der Waals surface area (Å²) in [6.45, 7) is 4.86. The molecule has 156 valence electrons. The van der Waals surface area contributed by atoms with Gasteiger partial charge in [-0.1, -0.05) is 18.2 Å². The molecule has 3 rings (SSSR count). The number of rotatable bonds is 4. The van der Waals surface area contributed by atoms with E-state index in [0.29, 0.717) is 22.4 Å². The smallest absolute Gasteiger partial charge is 0.470 e. The number of fused-ring (bicyclic) bond motifs is 1. The van der Waals surface area contributed by atoms with Crippen molar-refractivity contribution in [3.63, 3.8) is 0 Å². The van der Waals surface area contributed by atoms with Gasteiger partial charge in [-0.25, -0.2) is 4.57 Å². The number of carbonyl (C=O) groups excluding carboxylic acids is 2. The van der Waals surface area contributed by atoms with Gasteiger partial charge in [0.15, 0.2) is 5.78 Å². The van der Waals surface area contributed by atoms with E-state index in [1.807, 2.05) is 6.07 Å². The number of phosphoric acid groups is 1. The molecule has 0 bridgehead atoms. The van der Waals surface area contributed by atoms with Gasteiger partial charge in [0.2, 0.25) is 5.91 Å². The molecule has 4 N–H and O–H groups in total. The zero-order valence-corrected chi connectivity index (χ0v) is 17.3. The van der Waals surface area contributed by atoms with Crippen LogP contribution in [0.15, 0.2) is 48.5 Å². The zero-order valence-electron chi connectivity index (χ0n) is 16.4. The molecule has 1 aliphatic heterocycles. The Kier molecular flexibility index (Phi) is 6.97. The second kappa shape index (κ2) is 8.88. The Morgan fingerprint density at radius 2 is 1.76 bits per heavy atom. The van der Waals surface area contributed by atoms with Crippen molar-refractivity contribution in [1.29, 1.82) is 0 Å². The van der Waals surface area contributed by atoms with E-state index in [-0.39, 0.29) is 18.1 Å². The van der Waals surface area contributed by atoms with E-state index in [4.69, 9.17) is 24.8 Å². The average molecular weight is 421 g/mol. The molecule has 1 heterocycles. The minimum Gasteiger partial charge on any atom is -0.485 e. The van der Waals surface area contributed by atoms with Gasteiger partial charge in [-0.2, -0.15) is 0 Å². The normalized spacial score (nSPS) is 17.2. The molecule has 0 saturated carbocycles. The lowest BCUT2D eigenvalue weighted by Gasteiger charge is -2.39. The Balaban J connectivity index is 0.000000278. The molecule has 8 nitrogen and oxygen atoms in total. The number of nitrogens with two attached hydrogens (primary N) is 1. The van der Waals surface area contributed by atoms with Crippen molar-refractivity contribution in [3.05, 3.63) is 65.2 Å². The number of Topliss-reactive ketones (excluding diaryl/α,β-unsaturated/α-hetero) is 1. The van der Waals surface area contributed by atoms with Gasteiger partial charge < -0.3 is 20.3 Å². The van der Waals surface area contributed by atoms with Gasteiger partial charge in [-0.15, -0.1) is 0 Å². The quantitative estimate of drug-likeness (QED) is 0.510. The molecule has 0 radical (unpaired) electrons. The van der Waals surface area contributed by atoms with Crippen LogP contribution in [0.2, 0.25) is 0 Å². The Morgan fingerprint density at radius 3 is 2.24 bits per heavy atom. The van der Waals surface area contributed by atoms with E-state index in [9.17, 15) is 14.2 Å². The number of phosphoric ester groups is 1. The lowest BCUT2D eigenvalue weighted by Crippen LogP contribution is -2.47. The molecular weight excluding hydrogens is 397 g/mol. The molecule has 29 heavy (non-hydrogen) atoms. The highest BCUT2D eigenvalue weighted by molar-refractivity contribution is 7.46. The van der Waals surface area contributed by atoms with Gasteiger partial charge in [0.25, 0.3) is 0 Å². The molecule has 0 spiro atoms. The first-order valence-electron chi connectivity index (χ1n) is 8.81. The molecule has 9 heteroatoms. The van der Waals surface area contributed by atoms with Crippen molar-refractivity contribution in [3.8, 4) is 5.75 Å². The van der Waals surface area contributed by atoms with Crippen LogP contribution in [-0.4, -0.2) is 33.2 Å². The van der Waals surface area contributed by atoms with Crippen molar-refractivity contribution < 1.29 is 33.2 Å². The summed E-state index contributed by atoms with van der Waals surface area (Å²) in [7, 11) is -4.60. The van der Waals surface area contributed by atoms with E-state index in [1.54, 1.807) is 56.3 Å². The summed E-state index contributed by atoms with van der Waals surface area (Å²) in [5, 5.41) is 0. The zero-order chi connectivity index (χ0) is 21.8. The average Bonchev–Trinajstić information content (AvgIpc) is 2.61. The van der Waals surface area contributed by atoms with Gasteiger partial charge in [-0.05, 0) is 56.7 Å². The summed E-state index contributed by atoms with van der Waals surface area (Å²) in [5.74, 6) is 0.145. The molecule has 2 aromatic rings. The highest BCUT2D eigenvalue weighted by Crippen LogP contribution is 2.44. The van der Waals surface area contributed by atoms with Gasteiger partial charge in [-0.3, -0.25) is 14.1 Å². The molecule has 0 aromatic heterocycles. The van der Waals surface area contributed by atoms with Gasteiger partial charge in [0.1, 0.15) is 17.5 Å². The van der Waals surface area contributed by atoms with Crippen LogP contribution >= 0.6 is 7.82 Å². The monoisotopic (exact) mass is 421 g/mol. The first-order chi connectivity index (χ1) is 13.4. The molecule has 0 aliphatic carbocycles. The number of carbonyl (C=O) groups is 2. The van der Waals surface area contributed by atoms with E-state index in [2.05, 4.69) is 0 Å². The summed E-state index contributed by atoms with van der Waals surface area (Å²) in [4.78, 5) is 39.7. The van der Waals surface area contributed by atoms with E-state index in [0.717, 1.165) is 0 Å².